The second kappa shape index (κ2) is 8.35. The first-order chi connectivity index (χ1) is 11.7. The molecule has 1 aliphatic heterocycles. The summed E-state index contributed by atoms with van der Waals surface area (Å²) in [4.78, 5) is 22.9. The molecular weight excluding hydrogens is 344 g/mol. The van der Waals surface area contributed by atoms with Crippen LogP contribution in [0, 0.1) is 0 Å². The van der Waals surface area contributed by atoms with Gasteiger partial charge in [0.25, 0.3) is 0 Å². The predicted octanol–water partition coefficient (Wildman–Crippen LogP) is 3.85. The highest BCUT2D eigenvalue weighted by Crippen LogP contribution is 2.24. The first kappa shape index (κ1) is 17.0. The van der Waals surface area contributed by atoms with E-state index in [-0.39, 0.29) is 11.7 Å². The van der Waals surface area contributed by atoms with Gasteiger partial charge < -0.3 is 10.2 Å². The summed E-state index contributed by atoms with van der Waals surface area (Å²) in [5.41, 5.74) is 0.702. The first-order valence-electron chi connectivity index (χ1n) is 7.96. The minimum Gasteiger partial charge on any atom is -0.357 e. The Balaban J connectivity index is 1.52. The summed E-state index contributed by atoms with van der Waals surface area (Å²) in [5, 5.41) is 4.07. The standard InChI is InChI=1S/C17H19ClN4OS/c18-14-5-4-8-19-17(14)24-12-16(23)21-13-6-7-15(20-11-13)22-9-2-1-3-10-22/h4-8,11H,1-3,9-10,12H2,(H,21,23). The normalized spacial score (nSPS) is 14.5. The van der Waals surface area contributed by atoms with Crippen molar-refractivity contribution in [2.75, 3.05) is 29.1 Å². The number of pyridine rings is 2. The van der Waals surface area contributed by atoms with Crippen LogP contribution >= 0.6 is 23.4 Å². The quantitative estimate of drug-likeness (QED) is 0.818. The second-order valence-electron chi connectivity index (χ2n) is 5.58. The molecule has 7 heteroatoms. The highest BCUT2D eigenvalue weighted by Gasteiger charge is 2.12. The summed E-state index contributed by atoms with van der Waals surface area (Å²) in [6.45, 7) is 2.11. The zero-order valence-electron chi connectivity index (χ0n) is 13.2. The fraction of sp³-hybridized carbons (Fsp3) is 0.353. The number of hydrogen-bond acceptors (Lipinski definition) is 5. The van der Waals surface area contributed by atoms with E-state index in [4.69, 9.17) is 11.6 Å². The third-order valence-corrected chi connectivity index (χ3v) is 5.20. The van der Waals surface area contributed by atoms with E-state index in [1.807, 2.05) is 12.1 Å². The van der Waals surface area contributed by atoms with Gasteiger partial charge in [0.2, 0.25) is 5.91 Å². The molecule has 3 rings (SSSR count). The van der Waals surface area contributed by atoms with E-state index in [1.165, 1.54) is 31.0 Å². The molecule has 5 nitrogen and oxygen atoms in total. The van der Waals surface area contributed by atoms with Crippen LogP contribution in [0.5, 0.6) is 0 Å². The molecule has 3 heterocycles. The number of amides is 1. The lowest BCUT2D eigenvalue weighted by Gasteiger charge is -2.27. The number of nitrogens with one attached hydrogen (secondary N) is 1. The van der Waals surface area contributed by atoms with Crippen molar-refractivity contribution in [3.05, 3.63) is 41.7 Å². The number of rotatable bonds is 5. The van der Waals surface area contributed by atoms with E-state index in [9.17, 15) is 4.79 Å². The maximum absolute atomic E-state index is 12.0. The molecule has 0 radical (unpaired) electrons. The van der Waals surface area contributed by atoms with E-state index >= 15 is 0 Å². The maximum Gasteiger partial charge on any atom is 0.234 e. The van der Waals surface area contributed by atoms with Crippen molar-refractivity contribution >= 4 is 40.8 Å². The van der Waals surface area contributed by atoms with E-state index in [1.54, 1.807) is 24.5 Å². The van der Waals surface area contributed by atoms with Gasteiger partial charge in [-0.25, -0.2) is 9.97 Å². The zero-order valence-corrected chi connectivity index (χ0v) is 14.8. The minimum absolute atomic E-state index is 0.103. The number of nitrogens with zero attached hydrogens (tertiary/aromatic N) is 3. The number of carbonyl (C=O) groups excluding carboxylic acids is 1. The van der Waals surface area contributed by atoms with Crippen LogP contribution in [0.4, 0.5) is 11.5 Å². The largest absolute Gasteiger partial charge is 0.357 e. The zero-order chi connectivity index (χ0) is 16.8. The Labute approximate surface area is 150 Å². The first-order valence-corrected chi connectivity index (χ1v) is 9.33. The Morgan fingerprint density at radius 3 is 2.75 bits per heavy atom. The molecule has 2 aromatic rings. The number of carbonyl (C=O) groups is 1. The second-order valence-corrected chi connectivity index (χ2v) is 6.95. The molecule has 1 fully saturated rings. The van der Waals surface area contributed by atoms with Gasteiger partial charge in [0.05, 0.1) is 22.7 Å². The third kappa shape index (κ3) is 4.61. The van der Waals surface area contributed by atoms with E-state index in [0.29, 0.717) is 15.7 Å². The van der Waals surface area contributed by atoms with Gasteiger partial charge in [-0.2, -0.15) is 0 Å². The summed E-state index contributed by atoms with van der Waals surface area (Å²) >= 11 is 7.35. The molecule has 0 aromatic carbocycles. The predicted molar refractivity (Wildman–Crippen MR) is 98.9 cm³/mol. The molecule has 0 spiro atoms. The lowest BCUT2D eigenvalue weighted by molar-refractivity contribution is -0.113. The molecule has 1 N–H and O–H groups in total. The van der Waals surface area contributed by atoms with Crippen molar-refractivity contribution in [2.24, 2.45) is 0 Å². The van der Waals surface area contributed by atoms with Crippen molar-refractivity contribution in [3.8, 4) is 0 Å². The molecule has 0 aliphatic carbocycles. The smallest absolute Gasteiger partial charge is 0.234 e. The third-order valence-electron chi connectivity index (χ3n) is 3.78. The molecule has 126 valence electrons. The molecule has 2 aromatic heterocycles. The summed E-state index contributed by atoms with van der Waals surface area (Å²) in [6.07, 6.45) is 7.10. The lowest BCUT2D eigenvalue weighted by Crippen LogP contribution is -2.30. The highest BCUT2D eigenvalue weighted by atomic mass is 35.5. The average molecular weight is 363 g/mol. The highest BCUT2D eigenvalue weighted by molar-refractivity contribution is 8.00. The van der Waals surface area contributed by atoms with Crippen LogP contribution < -0.4 is 10.2 Å². The molecule has 24 heavy (non-hydrogen) atoms. The Bertz CT molecular complexity index is 689. The SMILES string of the molecule is O=C(CSc1ncccc1Cl)Nc1ccc(N2CCCCC2)nc1. The minimum atomic E-state index is -0.103. The fourth-order valence-electron chi connectivity index (χ4n) is 2.58. The van der Waals surface area contributed by atoms with E-state index < -0.39 is 0 Å². The van der Waals surface area contributed by atoms with Crippen LogP contribution in [0.2, 0.25) is 5.02 Å². The van der Waals surface area contributed by atoms with Crippen molar-refractivity contribution < 1.29 is 4.79 Å². The molecule has 0 bridgehead atoms. The van der Waals surface area contributed by atoms with Gasteiger partial charge in [0, 0.05) is 19.3 Å². The van der Waals surface area contributed by atoms with Crippen LogP contribution in [0.3, 0.4) is 0 Å². The summed E-state index contributed by atoms with van der Waals surface area (Å²) in [6, 6.07) is 7.39. The molecule has 0 atom stereocenters. The van der Waals surface area contributed by atoms with Crippen molar-refractivity contribution in [1.82, 2.24) is 9.97 Å². The number of thioether (sulfide) groups is 1. The Morgan fingerprint density at radius 2 is 2.04 bits per heavy atom. The van der Waals surface area contributed by atoms with Gasteiger partial charge in [-0.15, -0.1) is 0 Å². The number of piperidine rings is 1. The Hall–Kier alpha value is -1.79. The van der Waals surface area contributed by atoms with Gasteiger partial charge in [0.15, 0.2) is 0 Å². The van der Waals surface area contributed by atoms with Crippen molar-refractivity contribution in [3.63, 3.8) is 0 Å². The van der Waals surface area contributed by atoms with Gasteiger partial charge in [-0.05, 0) is 43.5 Å². The molecular formula is C17H19ClN4OS. The van der Waals surface area contributed by atoms with Crippen LogP contribution in [0.1, 0.15) is 19.3 Å². The molecule has 0 saturated carbocycles. The maximum atomic E-state index is 12.0. The number of anilines is 2. The Kier molecular flexibility index (Phi) is 5.93. The van der Waals surface area contributed by atoms with Crippen LogP contribution in [0.15, 0.2) is 41.7 Å². The average Bonchev–Trinajstić information content (AvgIpc) is 2.62. The van der Waals surface area contributed by atoms with E-state index in [2.05, 4.69) is 20.2 Å². The van der Waals surface area contributed by atoms with Crippen LogP contribution in [-0.2, 0) is 4.79 Å². The number of hydrogen-bond donors (Lipinski definition) is 1. The van der Waals surface area contributed by atoms with E-state index in [0.717, 1.165) is 18.9 Å². The molecule has 1 saturated heterocycles. The van der Waals surface area contributed by atoms with Gasteiger partial charge in [-0.3, -0.25) is 4.79 Å². The summed E-state index contributed by atoms with van der Waals surface area (Å²) < 4.78 is 0. The molecule has 0 unspecified atom stereocenters. The Morgan fingerprint density at radius 1 is 1.21 bits per heavy atom. The monoisotopic (exact) mass is 362 g/mol. The molecule has 1 amide bonds. The topological polar surface area (TPSA) is 58.1 Å². The molecule has 1 aliphatic rings. The lowest BCUT2D eigenvalue weighted by atomic mass is 10.1. The fourth-order valence-corrected chi connectivity index (χ4v) is 3.54. The van der Waals surface area contributed by atoms with Gasteiger partial charge in [0.1, 0.15) is 10.8 Å². The van der Waals surface area contributed by atoms with Gasteiger partial charge in [-0.1, -0.05) is 23.4 Å². The van der Waals surface area contributed by atoms with Crippen molar-refractivity contribution in [2.45, 2.75) is 24.3 Å². The van der Waals surface area contributed by atoms with Crippen LogP contribution in [0.25, 0.3) is 0 Å². The number of halogens is 1. The number of aromatic nitrogens is 2. The van der Waals surface area contributed by atoms with Crippen molar-refractivity contribution in [1.29, 1.82) is 0 Å². The van der Waals surface area contributed by atoms with Crippen LogP contribution in [-0.4, -0.2) is 34.7 Å². The summed E-state index contributed by atoms with van der Waals surface area (Å²) in [7, 11) is 0. The summed E-state index contributed by atoms with van der Waals surface area (Å²) in [5.74, 6) is 1.13. The van der Waals surface area contributed by atoms with Gasteiger partial charge >= 0.3 is 0 Å².